The minimum absolute atomic E-state index is 0.218. The van der Waals surface area contributed by atoms with Crippen LogP contribution in [0.25, 0.3) is 11.4 Å². The first kappa shape index (κ1) is 17.1. The van der Waals surface area contributed by atoms with Gasteiger partial charge in [-0.05, 0) is 62.8 Å². The Kier molecular flexibility index (Phi) is 4.81. The molecule has 0 aliphatic rings. The summed E-state index contributed by atoms with van der Waals surface area (Å²) in [4.78, 5) is 0. The number of H-pyrrole nitrogens is 1. The fourth-order valence-electron chi connectivity index (χ4n) is 2.27. The van der Waals surface area contributed by atoms with Gasteiger partial charge in [-0.2, -0.15) is 14.9 Å². The van der Waals surface area contributed by atoms with Crippen LogP contribution in [0.3, 0.4) is 0 Å². The van der Waals surface area contributed by atoms with Gasteiger partial charge in [0.25, 0.3) is 0 Å². The lowest BCUT2D eigenvalue weighted by molar-refractivity contribution is 0.131. The van der Waals surface area contributed by atoms with Gasteiger partial charge in [0.15, 0.2) is 5.82 Å². The molecule has 5 nitrogen and oxygen atoms in total. The van der Waals surface area contributed by atoms with Gasteiger partial charge in [-0.1, -0.05) is 30.3 Å². The van der Waals surface area contributed by atoms with Crippen LogP contribution in [0.4, 0.5) is 0 Å². The van der Waals surface area contributed by atoms with Crippen LogP contribution in [0, 0.1) is 4.77 Å². The van der Waals surface area contributed by atoms with Crippen molar-refractivity contribution < 1.29 is 4.74 Å². The Labute approximate surface area is 152 Å². The van der Waals surface area contributed by atoms with E-state index in [2.05, 4.69) is 15.3 Å². The molecule has 0 aliphatic carbocycles. The van der Waals surface area contributed by atoms with Crippen LogP contribution in [0.1, 0.15) is 26.3 Å². The van der Waals surface area contributed by atoms with Gasteiger partial charge in [-0.25, -0.2) is 5.10 Å². The number of nitrogens with one attached hydrogen (secondary N) is 1. The standard InChI is InChI=1S/C19H20N4OS/c1-19(2,3)24-16-11-9-14(10-12-16)13-20-23-17(21-22-18(23)25)15-7-5-4-6-8-15/h4-13H,1-3H3,(H,22,25)/b20-13-. The molecular formula is C19H20N4OS. The van der Waals surface area contributed by atoms with Gasteiger partial charge >= 0.3 is 0 Å². The van der Waals surface area contributed by atoms with Crippen LogP contribution in [0.15, 0.2) is 59.7 Å². The Bertz CT molecular complexity index is 919. The highest BCUT2D eigenvalue weighted by Crippen LogP contribution is 2.19. The van der Waals surface area contributed by atoms with Crippen molar-refractivity contribution in [2.45, 2.75) is 26.4 Å². The SMILES string of the molecule is CC(C)(C)Oc1ccc(/C=N\n2c(-c3ccccc3)n[nH]c2=S)cc1. The molecule has 0 unspecified atom stereocenters. The van der Waals surface area contributed by atoms with Crippen molar-refractivity contribution in [2.75, 3.05) is 0 Å². The van der Waals surface area contributed by atoms with Crippen LogP contribution < -0.4 is 4.74 Å². The summed E-state index contributed by atoms with van der Waals surface area (Å²) in [5.74, 6) is 1.50. The average molecular weight is 352 g/mol. The average Bonchev–Trinajstić information content (AvgIpc) is 2.94. The van der Waals surface area contributed by atoms with Crippen molar-refractivity contribution in [3.63, 3.8) is 0 Å². The highest BCUT2D eigenvalue weighted by atomic mass is 32.1. The van der Waals surface area contributed by atoms with E-state index in [0.29, 0.717) is 10.6 Å². The number of ether oxygens (including phenoxy) is 1. The van der Waals surface area contributed by atoms with Gasteiger partial charge in [0.2, 0.25) is 4.77 Å². The molecule has 2 aromatic carbocycles. The summed E-state index contributed by atoms with van der Waals surface area (Å²) in [6, 6.07) is 17.6. The van der Waals surface area contributed by atoms with Crippen molar-refractivity contribution >= 4 is 18.4 Å². The molecule has 0 amide bonds. The first-order valence-electron chi connectivity index (χ1n) is 7.99. The molecule has 0 saturated carbocycles. The number of nitrogens with zero attached hydrogens (tertiary/aromatic N) is 3. The summed E-state index contributed by atoms with van der Waals surface area (Å²) in [5.41, 5.74) is 1.67. The first-order valence-corrected chi connectivity index (χ1v) is 8.39. The maximum atomic E-state index is 5.82. The Morgan fingerprint density at radius 1 is 1.08 bits per heavy atom. The molecule has 0 spiro atoms. The van der Waals surface area contributed by atoms with E-state index in [1.165, 1.54) is 0 Å². The fourth-order valence-corrected chi connectivity index (χ4v) is 2.45. The van der Waals surface area contributed by atoms with Gasteiger partial charge in [0, 0.05) is 5.56 Å². The Morgan fingerprint density at radius 3 is 2.40 bits per heavy atom. The van der Waals surface area contributed by atoms with Crippen molar-refractivity contribution in [3.05, 3.63) is 64.9 Å². The van der Waals surface area contributed by atoms with Crippen molar-refractivity contribution in [1.29, 1.82) is 0 Å². The van der Waals surface area contributed by atoms with Gasteiger partial charge < -0.3 is 4.74 Å². The Morgan fingerprint density at radius 2 is 1.76 bits per heavy atom. The van der Waals surface area contributed by atoms with Crippen LogP contribution in [-0.4, -0.2) is 26.7 Å². The third kappa shape index (κ3) is 4.42. The highest BCUT2D eigenvalue weighted by Gasteiger charge is 2.11. The summed E-state index contributed by atoms with van der Waals surface area (Å²) in [5, 5.41) is 11.5. The second-order valence-electron chi connectivity index (χ2n) is 6.56. The molecule has 128 valence electrons. The van der Waals surface area contributed by atoms with E-state index in [-0.39, 0.29) is 5.60 Å². The van der Waals surface area contributed by atoms with E-state index in [1.807, 2.05) is 75.4 Å². The molecular weight excluding hydrogens is 332 g/mol. The molecule has 0 radical (unpaired) electrons. The lowest BCUT2D eigenvalue weighted by atomic mass is 10.2. The van der Waals surface area contributed by atoms with E-state index in [0.717, 1.165) is 16.9 Å². The van der Waals surface area contributed by atoms with Crippen molar-refractivity contribution in [1.82, 2.24) is 14.9 Å². The maximum Gasteiger partial charge on any atom is 0.216 e. The zero-order chi connectivity index (χ0) is 17.9. The predicted molar refractivity (Wildman–Crippen MR) is 103 cm³/mol. The molecule has 0 fully saturated rings. The van der Waals surface area contributed by atoms with E-state index in [4.69, 9.17) is 17.0 Å². The summed E-state index contributed by atoms with van der Waals surface area (Å²) in [6.07, 6.45) is 1.75. The largest absolute Gasteiger partial charge is 0.488 e. The van der Waals surface area contributed by atoms with Gasteiger partial charge in [-0.3, -0.25) is 0 Å². The van der Waals surface area contributed by atoms with Crippen molar-refractivity contribution in [2.24, 2.45) is 5.10 Å². The lowest BCUT2D eigenvalue weighted by Crippen LogP contribution is -2.22. The van der Waals surface area contributed by atoms with Crippen LogP contribution >= 0.6 is 12.2 Å². The number of aromatic nitrogens is 3. The summed E-state index contributed by atoms with van der Waals surface area (Å²) < 4.78 is 7.88. The van der Waals surface area contributed by atoms with E-state index < -0.39 is 0 Å². The summed E-state index contributed by atoms with van der Waals surface area (Å²) in [7, 11) is 0. The minimum Gasteiger partial charge on any atom is -0.488 e. The van der Waals surface area contributed by atoms with Gasteiger partial charge in [0.1, 0.15) is 11.4 Å². The zero-order valence-corrected chi connectivity index (χ0v) is 15.2. The first-order chi connectivity index (χ1) is 11.9. The highest BCUT2D eigenvalue weighted by molar-refractivity contribution is 7.71. The third-order valence-corrected chi connectivity index (χ3v) is 3.57. The molecule has 1 aromatic heterocycles. The second-order valence-corrected chi connectivity index (χ2v) is 6.94. The number of hydrogen-bond donors (Lipinski definition) is 1. The van der Waals surface area contributed by atoms with Crippen LogP contribution in [0.2, 0.25) is 0 Å². The monoisotopic (exact) mass is 352 g/mol. The van der Waals surface area contributed by atoms with Crippen LogP contribution in [0.5, 0.6) is 5.75 Å². The fraction of sp³-hybridized carbons (Fsp3) is 0.211. The molecule has 0 aliphatic heterocycles. The Balaban J connectivity index is 1.83. The van der Waals surface area contributed by atoms with E-state index >= 15 is 0 Å². The molecule has 0 bridgehead atoms. The molecule has 25 heavy (non-hydrogen) atoms. The minimum atomic E-state index is -0.218. The lowest BCUT2D eigenvalue weighted by Gasteiger charge is -2.21. The number of aromatic amines is 1. The topological polar surface area (TPSA) is 55.2 Å². The molecule has 6 heteroatoms. The Hall–Kier alpha value is -2.73. The number of rotatable bonds is 4. The molecule has 1 N–H and O–H groups in total. The quantitative estimate of drug-likeness (QED) is 0.548. The number of hydrogen-bond acceptors (Lipinski definition) is 4. The summed E-state index contributed by atoms with van der Waals surface area (Å²) >= 11 is 5.28. The van der Waals surface area contributed by atoms with Crippen molar-refractivity contribution in [3.8, 4) is 17.1 Å². The number of benzene rings is 2. The second kappa shape index (κ2) is 7.03. The normalized spacial score (nSPS) is 11.8. The molecule has 1 heterocycles. The third-order valence-electron chi connectivity index (χ3n) is 3.31. The van der Waals surface area contributed by atoms with Gasteiger partial charge in [0.05, 0.1) is 6.21 Å². The predicted octanol–water partition coefficient (Wildman–Crippen LogP) is 4.67. The summed E-state index contributed by atoms with van der Waals surface area (Å²) in [6.45, 7) is 6.07. The van der Waals surface area contributed by atoms with Gasteiger partial charge in [-0.15, -0.1) is 0 Å². The molecule has 3 aromatic rings. The van der Waals surface area contributed by atoms with E-state index in [9.17, 15) is 0 Å². The molecule has 3 rings (SSSR count). The zero-order valence-electron chi connectivity index (χ0n) is 14.4. The van der Waals surface area contributed by atoms with E-state index in [1.54, 1.807) is 10.9 Å². The smallest absolute Gasteiger partial charge is 0.216 e. The maximum absolute atomic E-state index is 5.82. The molecule has 0 saturated heterocycles. The molecule has 0 atom stereocenters. The van der Waals surface area contributed by atoms with Crippen LogP contribution in [-0.2, 0) is 0 Å².